The third kappa shape index (κ3) is 3.02. The fourth-order valence-electron chi connectivity index (χ4n) is 2.63. The minimum absolute atomic E-state index is 0.396. The van der Waals surface area contributed by atoms with E-state index in [9.17, 15) is 0 Å². The van der Waals surface area contributed by atoms with Gasteiger partial charge in [-0.15, -0.1) is 5.11 Å². The summed E-state index contributed by atoms with van der Waals surface area (Å²) in [6.45, 7) is 1.85. The van der Waals surface area contributed by atoms with Crippen molar-refractivity contribution >= 4 is 34.4 Å². The van der Waals surface area contributed by atoms with Crippen molar-refractivity contribution in [3.05, 3.63) is 71.4 Å². The summed E-state index contributed by atoms with van der Waals surface area (Å²) in [4.78, 5) is 4.55. The zero-order valence-electron chi connectivity index (χ0n) is 14.0. The van der Waals surface area contributed by atoms with Crippen LogP contribution >= 0.6 is 11.6 Å². The van der Waals surface area contributed by atoms with Crippen molar-refractivity contribution in [2.75, 3.05) is 5.73 Å². The van der Waals surface area contributed by atoms with Crippen LogP contribution in [0, 0.1) is 6.92 Å². The molecule has 128 valence electrons. The Hall–Kier alpha value is -3.25. The fraction of sp³-hybridized carbons (Fsp3) is 0.0526. The van der Waals surface area contributed by atoms with Crippen molar-refractivity contribution in [1.29, 1.82) is 0 Å². The number of hydrogen-bond donors (Lipinski definition) is 1. The molecule has 2 aromatic heterocycles. The van der Waals surface area contributed by atoms with Crippen molar-refractivity contribution in [2.45, 2.75) is 6.92 Å². The van der Waals surface area contributed by atoms with Crippen LogP contribution in [0.5, 0.6) is 0 Å². The number of fused-ring (bicyclic) bond motifs is 1. The highest BCUT2D eigenvalue weighted by molar-refractivity contribution is 6.30. The van der Waals surface area contributed by atoms with Gasteiger partial charge in [-0.05, 0) is 31.2 Å². The number of benzene rings is 2. The molecule has 26 heavy (non-hydrogen) atoms. The van der Waals surface area contributed by atoms with E-state index in [4.69, 9.17) is 17.3 Å². The van der Waals surface area contributed by atoms with Crippen molar-refractivity contribution in [1.82, 2.24) is 14.6 Å². The summed E-state index contributed by atoms with van der Waals surface area (Å²) in [5.74, 6) is 0.396. The van der Waals surface area contributed by atoms with Gasteiger partial charge in [-0.1, -0.05) is 41.9 Å². The number of nitrogens with zero attached hydrogens (tertiary/aromatic N) is 5. The van der Waals surface area contributed by atoms with Crippen LogP contribution in [0.3, 0.4) is 0 Å². The summed E-state index contributed by atoms with van der Waals surface area (Å²) in [6.07, 6.45) is 0. The molecule has 0 saturated heterocycles. The Morgan fingerprint density at radius 2 is 1.73 bits per heavy atom. The molecule has 2 aromatic carbocycles. The smallest absolute Gasteiger partial charge is 0.158 e. The van der Waals surface area contributed by atoms with Crippen molar-refractivity contribution < 1.29 is 0 Å². The van der Waals surface area contributed by atoms with Crippen LogP contribution in [0.25, 0.3) is 16.9 Å². The maximum absolute atomic E-state index is 6.29. The van der Waals surface area contributed by atoms with E-state index in [1.165, 1.54) is 0 Å². The van der Waals surface area contributed by atoms with Crippen LogP contribution in [-0.4, -0.2) is 14.6 Å². The predicted octanol–water partition coefficient (Wildman–Crippen LogP) is 5.36. The Kier molecular flexibility index (Phi) is 4.10. The molecule has 4 aromatic rings. The summed E-state index contributed by atoms with van der Waals surface area (Å²) < 4.78 is 1.58. The number of anilines is 1. The summed E-state index contributed by atoms with van der Waals surface area (Å²) in [5, 5.41) is 13.7. The van der Waals surface area contributed by atoms with E-state index in [0.29, 0.717) is 27.9 Å². The molecular formula is C19H15ClN6. The molecule has 2 heterocycles. The number of aromatic nitrogens is 3. The SMILES string of the molecule is Cc1nc2cc(-c3ccc(Cl)cc3)nn2c(N)c1N=Nc1ccccc1. The van der Waals surface area contributed by atoms with Gasteiger partial charge in [-0.25, -0.2) is 4.98 Å². The predicted molar refractivity (Wildman–Crippen MR) is 103 cm³/mol. The van der Waals surface area contributed by atoms with Crippen LogP contribution in [0.2, 0.25) is 5.02 Å². The second-order valence-electron chi connectivity index (χ2n) is 5.77. The highest BCUT2D eigenvalue weighted by atomic mass is 35.5. The van der Waals surface area contributed by atoms with E-state index in [2.05, 4.69) is 20.3 Å². The van der Waals surface area contributed by atoms with Gasteiger partial charge in [0.15, 0.2) is 11.5 Å². The molecule has 0 aliphatic heterocycles. The molecule has 0 aliphatic carbocycles. The van der Waals surface area contributed by atoms with Gasteiger partial charge in [0.25, 0.3) is 0 Å². The van der Waals surface area contributed by atoms with Gasteiger partial charge in [-0.3, -0.25) is 0 Å². The van der Waals surface area contributed by atoms with Crippen molar-refractivity contribution in [3.8, 4) is 11.3 Å². The highest BCUT2D eigenvalue weighted by Gasteiger charge is 2.13. The van der Waals surface area contributed by atoms with Gasteiger partial charge in [0.2, 0.25) is 0 Å². The summed E-state index contributed by atoms with van der Waals surface area (Å²) in [7, 11) is 0. The largest absolute Gasteiger partial charge is 0.382 e. The van der Waals surface area contributed by atoms with Gasteiger partial charge >= 0.3 is 0 Å². The minimum Gasteiger partial charge on any atom is -0.382 e. The lowest BCUT2D eigenvalue weighted by Gasteiger charge is -2.05. The number of aryl methyl sites for hydroxylation is 1. The van der Waals surface area contributed by atoms with Gasteiger partial charge in [-0.2, -0.15) is 14.7 Å². The number of halogens is 1. The molecule has 0 amide bonds. The first-order chi connectivity index (χ1) is 12.6. The van der Waals surface area contributed by atoms with E-state index in [1.54, 1.807) is 4.52 Å². The standard InChI is InChI=1S/C19H15ClN6/c1-12-18(24-23-15-5-3-2-4-6-15)19(21)26-17(22-12)11-16(25-26)13-7-9-14(20)10-8-13/h2-11H,21H2,1H3. The van der Waals surface area contributed by atoms with Crippen molar-refractivity contribution in [3.63, 3.8) is 0 Å². The summed E-state index contributed by atoms with van der Waals surface area (Å²) in [5.41, 5.74) is 10.6. The van der Waals surface area contributed by atoms with Crippen molar-refractivity contribution in [2.24, 2.45) is 10.2 Å². The molecule has 0 saturated carbocycles. The quantitative estimate of drug-likeness (QED) is 0.498. The molecule has 6 nitrogen and oxygen atoms in total. The minimum atomic E-state index is 0.396. The Morgan fingerprint density at radius 1 is 1.00 bits per heavy atom. The van der Waals surface area contributed by atoms with Gasteiger partial charge in [0.1, 0.15) is 5.69 Å². The molecule has 0 fully saturated rings. The van der Waals surface area contributed by atoms with Crippen LogP contribution in [0.1, 0.15) is 5.69 Å². The van der Waals surface area contributed by atoms with Crippen LogP contribution in [0.15, 0.2) is 70.9 Å². The third-order valence-electron chi connectivity index (χ3n) is 3.95. The summed E-state index contributed by atoms with van der Waals surface area (Å²) >= 11 is 5.95. The van der Waals surface area contributed by atoms with Gasteiger partial charge in [0, 0.05) is 16.7 Å². The van der Waals surface area contributed by atoms with E-state index >= 15 is 0 Å². The molecule has 0 atom stereocenters. The first-order valence-corrected chi connectivity index (χ1v) is 8.38. The second kappa shape index (κ2) is 6.57. The topological polar surface area (TPSA) is 80.9 Å². The number of rotatable bonds is 3. The lowest BCUT2D eigenvalue weighted by Crippen LogP contribution is -2.02. The first kappa shape index (κ1) is 16.2. The zero-order valence-corrected chi connectivity index (χ0v) is 14.7. The molecule has 2 N–H and O–H groups in total. The van der Waals surface area contributed by atoms with Crippen LogP contribution in [0.4, 0.5) is 17.2 Å². The van der Waals surface area contributed by atoms with Gasteiger partial charge < -0.3 is 5.73 Å². The maximum Gasteiger partial charge on any atom is 0.158 e. The van der Waals surface area contributed by atoms with Crippen LogP contribution in [-0.2, 0) is 0 Å². The molecule has 0 bridgehead atoms. The number of nitrogens with two attached hydrogens (primary N) is 1. The Labute approximate surface area is 155 Å². The maximum atomic E-state index is 6.29. The molecule has 4 rings (SSSR count). The molecule has 0 spiro atoms. The lowest BCUT2D eigenvalue weighted by molar-refractivity contribution is 0.940. The Balaban J connectivity index is 1.78. The lowest BCUT2D eigenvalue weighted by atomic mass is 10.2. The highest BCUT2D eigenvalue weighted by Crippen LogP contribution is 2.30. The first-order valence-electron chi connectivity index (χ1n) is 8.00. The normalized spacial score (nSPS) is 11.5. The van der Waals surface area contributed by atoms with E-state index < -0.39 is 0 Å². The molecular weight excluding hydrogens is 348 g/mol. The van der Waals surface area contributed by atoms with E-state index in [0.717, 1.165) is 16.9 Å². The molecule has 0 aliphatic rings. The average molecular weight is 363 g/mol. The Morgan fingerprint density at radius 3 is 2.46 bits per heavy atom. The molecule has 7 heteroatoms. The monoisotopic (exact) mass is 362 g/mol. The fourth-order valence-corrected chi connectivity index (χ4v) is 2.75. The molecule has 0 radical (unpaired) electrons. The van der Waals surface area contributed by atoms with Gasteiger partial charge in [0.05, 0.1) is 17.1 Å². The number of nitrogen functional groups attached to an aromatic ring is 1. The van der Waals surface area contributed by atoms with E-state index in [1.807, 2.05) is 67.6 Å². The average Bonchev–Trinajstić information content (AvgIpc) is 3.07. The molecule has 0 unspecified atom stereocenters. The van der Waals surface area contributed by atoms with E-state index in [-0.39, 0.29) is 0 Å². The van der Waals surface area contributed by atoms with Crippen LogP contribution < -0.4 is 5.73 Å². The second-order valence-corrected chi connectivity index (χ2v) is 6.21. The number of hydrogen-bond acceptors (Lipinski definition) is 5. The Bertz CT molecular complexity index is 1100. The zero-order chi connectivity index (χ0) is 18.1. The summed E-state index contributed by atoms with van der Waals surface area (Å²) in [6, 6.07) is 18.8. The number of azo groups is 1. The third-order valence-corrected chi connectivity index (χ3v) is 4.20.